The first-order valence-electron chi connectivity index (χ1n) is 5.66. The van der Waals surface area contributed by atoms with Gasteiger partial charge in [0.1, 0.15) is 0 Å². The van der Waals surface area contributed by atoms with Crippen molar-refractivity contribution in [1.29, 1.82) is 0 Å². The summed E-state index contributed by atoms with van der Waals surface area (Å²) in [6.07, 6.45) is 7.43. The van der Waals surface area contributed by atoms with Crippen LogP contribution < -0.4 is 11.1 Å². The van der Waals surface area contributed by atoms with E-state index in [0.717, 1.165) is 31.4 Å². The molecule has 0 saturated heterocycles. The zero-order valence-electron chi connectivity index (χ0n) is 9.57. The molecule has 0 unspecified atom stereocenters. The number of rotatable bonds is 3. The van der Waals surface area contributed by atoms with E-state index in [-0.39, 0.29) is 11.3 Å². The predicted octanol–water partition coefficient (Wildman–Crippen LogP) is 0.878. The van der Waals surface area contributed by atoms with Crippen LogP contribution in [0.5, 0.6) is 0 Å². The lowest BCUT2D eigenvalue weighted by atomic mass is 9.85. The van der Waals surface area contributed by atoms with Crippen LogP contribution in [0.4, 0.5) is 5.69 Å². The van der Waals surface area contributed by atoms with Gasteiger partial charge in [0.2, 0.25) is 5.91 Å². The molecule has 3 N–H and O–H groups in total. The molecule has 0 aromatic carbocycles. The van der Waals surface area contributed by atoms with Crippen molar-refractivity contribution >= 4 is 11.6 Å². The highest BCUT2D eigenvalue weighted by Crippen LogP contribution is 2.38. The number of hydrogen-bond acceptors (Lipinski definition) is 3. The SMILES string of the molecule is Cn1cc(NC(=O)C2(CN)CCCC2)cn1. The molecular formula is C11H18N4O. The van der Waals surface area contributed by atoms with Gasteiger partial charge in [0, 0.05) is 19.8 Å². The van der Waals surface area contributed by atoms with E-state index in [1.54, 1.807) is 17.1 Å². The maximum atomic E-state index is 12.1. The molecule has 1 aliphatic carbocycles. The summed E-state index contributed by atoms with van der Waals surface area (Å²) in [6.45, 7) is 0.430. The fraction of sp³-hybridized carbons (Fsp3) is 0.636. The number of amides is 1. The monoisotopic (exact) mass is 222 g/mol. The topological polar surface area (TPSA) is 72.9 Å². The average molecular weight is 222 g/mol. The van der Waals surface area contributed by atoms with Crippen LogP contribution in [0.15, 0.2) is 12.4 Å². The van der Waals surface area contributed by atoms with Crippen LogP contribution in [0.25, 0.3) is 0 Å². The van der Waals surface area contributed by atoms with Crippen molar-refractivity contribution in [2.24, 2.45) is 18.2 Å². The molecule has 1 aromatic heterocycles. The van der Waals surface area contributed by atoms with Gasteiger partial charge < -0.3 is 11.1 Å². The van der Waals surface area contributed by atoms with Gasteiger partial charge in [0.15, 0.2) is 0 Å². The number of nitrogens with one attached hydrogen (secondary N) is 1. The molecule has 88 valence electrons. The molecule has 5 nitrogen and oxygen atoms in total. The second kappa shape index (κ2) is 4.25. The Morgan fingerprint density at radius 1 is 1.62 bits per heavy atom. The van der Waals surface area contributed by atoms with Crippen molar-refractivity contribution < 1.29 is 4.79 Å². The summed E-state index contributed by atoms with van der Waals surface area (Å²) >= 11 is 0. The largest absolute Gasteiger partial charge is 0.329 e. The zero-order valence-corrected chi connectivity index (χ0v) is 9.57. The summed E-state index contributed by atoms with van der Waals surface area (Å²) in [5.41, 5.74) is 6.14. The number of hydrogen-bond donors (Lipinski definition) is 2. The molecule has 0 radical (unpaired) electrons. The van der Waals surface area contributed by atoms with Crippen LogP contribution in [-0.2, 0) is 11.8 Å². The van der Waals surface area contributed by atoms with E-state index in [9.17, 15) is 4.79 Å². The second-order valence-electron chi connectivity index (χ2n) is 4.55. The Morgan fingerprint density at radius 2 is 2.31 bits per heavy atom. The summed E-state index contributed by atoms with van der Waals surface area (Å²) < 4.78 is 1.67. The van der Waals surface area contributed by atoms with Gasteiger partial charge in [-0.3, -0.25) is 9.48 Å². The fourth-order valence-corrected chi connectivity index (χ4v) is 2.33. The van der Waals surface area contributed by atoms with Crippen LogP contribution in [0.1, 0.15) is 25.7 Å². The molecule has 16 heavy (non-hydrogen) atoms. The molecule has 1 heterocycles. The summed E-state index contributed by atoms with van der Waals surface area (Å²) in [5, 5.41) is 6.91. The number of anilines is 1. The Bertz CT molecular complexity index is 379. The second-order valence-corrected chi connectivity index (χ2v) is 4.55. The Labute approximate surface area is 95.0 Å². The molecule has 1 aromatic rings. The van der Waals surface area contributed by atoms with Crippen molar-refractivity contribution in [3.63, 3.8) is 0 Å². The van der Waals surface area contributed by atoms with E-state index < -0.39 is 0 Å². The van der Waals surface area contributed by atoms with Gasteiger partial charge in [-0.2, -0.15) is 5.10 Å². The Kier molecular flexibility index (Phi) is 2.96. The molecule has 5 heteroatoms. The molecule has 1 aliphatic rings. The minimum atomic E-state index is -0.351. The fourth-order valence-electron chi connectivity index (χ4n) is 2.33. The molecular weight excluding hydrogens is 204 g/mol. The van der Waals surface area contributed by atoms with Gasteiger partial charge in [0.05, 0.1) is 17.3 Å². The zero-order chi connectivity index (χ0) is 11.6. The molecule has 0 bridgehead atoms. The van der Waals surface area contributed by atoms with Gasteiger partial charge in [0.25, 0.3) is 0 Å². The van der Waals surface area contributed by atoms with E-state index in [1.807, 2.05) is 7.05 Å². The smallest absolute Gasteiger partial charge is 0.231 e. The van der Waals surface area contributed by atoms with Gasteiger partial charge >= 0.3 is 0 Å². The predicted molar refractivity (Wildman–Crippen MR) is 61.8 cm³/mol. The van der Waals surface area contributed by atoms with Crippen molar-refractivity contribution in [2.45, 2.75) is 25.7 Å². The summed E-state index contributed by atoms with van der Waals surface area (Å²) in [7, 11) is 1.82. The summed E-state index contributed by atoms with van der Waals surface area (Å²) in [5.74, 6) is 0.0421. The van der Waals surface area contributed by atoms with Crippen molar-refractivity contribution in [3.8, 4) is 0 Å². The Hall–Kier alpha value is -1.36. The van der Waals surface area contributed by atoms with E-state index in [0.29, 0.717) is 6.54 Å². The Balaban J connectivity index is 2.07. The van der Waals surface area contributed by atoms with Crippen LogP contribution >= 0.6 is 0 Å². The highest BCUT2D eigenvalue weighted by molar-refractivity contribution is 5.95. The minimum Gasteiger partial charge on any atom is -0.329 e. The standard InChI is InChI=1S/C11H18N4O/c1-15-7-9(6-13-15)14-10(16)11(8-12)4-2-3-5-11/h6-7H,2-5,8,12H2,1H3,(H,14,16). The molecule has 2 rings (SSSR count). The number of carbonyl (C=O) groups is 1. The third-order valence-electron chi connectivity index (χ3n) is 3.40. The molecule has 1 amide bonds. The van der Waals surface area contributed by atoms with Crippen LogP contribution in [0.3, 0.4) is 0 Å². The first-order chi connectivity index (χ1) is 7.66. The average Bonchev–Trinajstić information content (AvgIpc) is 2.88. The first kappa shape index (κ1) is 11.1. The molecule has 0 atom stereocenters. The number of nitrogens with zero attached hydrogens (tertiary/aromatic N) is 2. The molecule has 1 saturated carbocycles. The number of carbonyl (C=O) groups excluding carboxylic acids is 1. The lowest BCUT2D eigenvalue weighted by Crippen LogP contribution is -2.40. The quantitative estimate of drug-likeness (QED) is 0.797. The number of nitrogens with two attached hydrogens (primary N) is 1. The maximum absolute atomic E-state index is 12.1. The van der Waals surface area contributed by atoms with E-state index >= 15 is 0 Å². The first-order valence-corrected chi connectivity index (χ1v) is 5.66. The van der Waals surface area contributed by atoms with Gasteiger partial charge in [-0.25, -0.2) is 0 Å². The third kappa shape index (κ3) is 1.95. The van der Waals surface area contributed by atoms with Crippen LogP contribution in [0.2, 0.25) is 0 Å². The molecule has 0 spiro atoms. The van der Waals surface area contributed by atoms with E-state index in [2.05, 4.69) is 10.4 Å². The third-order valence-corrected chi connectivity index (χ3v) is 3.40. The van der Waals surface area contributed by atoms with Crippen molar-refractivity contribution in [1.82, 2.24) is 9.78 Å². The lowest BCUT2D eigenvalue weighted by Gasteiger charge is -2.25. The Morgan fingerprint density at radius 3 is 2.81 bits per heavy atom. The molecule has 1 fully saturated rings. The van der Waals surface area contributed by atoms with Crippen molar-refractivity contribution in [3.05, 3.63) is 12.4 Å². The maximum Gasteiger partial charge on any atom is 0.231 e. The summed E-state index contributed by atoms with van der Waals surface area (Å²) in [6, 6.07) is 0. The van der Waals surface area contributed by atoms with E-state index in [4.69, 9.17) is 5.73 Å². The van der Waals surface area contributed by atoms with E-state index in [1.165, 1.54) is 0 Å². The normalized spacial score (nSPS) is 18.6. The van der Waals surface area contributed by atoms with Crippen LogP contribution in [0, 0.1) is 5.41 Å². The molecule has 0 aliphatic heterocycles. The summed E-state index contributed by atoms with van der Waals surface area (Å²) in [4.78, 5) is 12.1. The van der Waals surface area contributed by atoms with Crippen molar-refractivity contribution in [2.75, 3.05) is 11.9 Å². The van der Waals surface area contributed by atoms with Crippen LogP contribution in [-0.4, -0.2) is 22.2 Å². The number of aromatic nitrogens is 2. The van der Waals surface area contributed by atoms with Gasteiger partial charge in [-0.05, 0) is 12.8 Å². The van der Waals surface area contributed by atoms with Gasteiger partial charge in [-0.1, -0.05) is 12.8 Å². The van der Waals surface area contributed by atoms with Gasteiger partial charge in [-0.15, -0.1) is 0 Å². The highest BCUT2D eigenvalue weighted by Gasteiger charge is 2.39. The number of aryl methyl sites for hydroxylation is 1. The highest BCUT2D eigenvalue weighted by atomic mass is 16.2. The lowest BCUT2D eigenvalue weighted by molar-refractivity contribution is -0.124. The minimum absolute atomic E-state index is 0.0421.